The molecule has 2 saturated carbocycles. The largest absolute Gasteiger partial charge is 0.295 e. The smallest absolute Gasteiger partial charge is 0.155 e. The van der Waals surface area contributed by atoms with Gasteiger partial charge in [-0.2, -0.15) is 0 Å². The summed E-state index contributed by atoms with van der Waals surface area (Å²) in [6, 6.07) is 8.83. The second kappa shape index (κ2) is 7.02. The van der Waals surface area contributed by atoms with Crippen molar-refractivity contribution >= 4 is 17.7 Å². The molecule has 0 N–H and O–H groups in total. The van der Waals surface area contributed by atoms with E-state index in [0.29, 0.717) is 17.1 Å². The number of fused-ring (bicyclic) bond motifs is 6. The number of nitrogens with zero attached hydrogens (tertiary/aromatic N) is 1. The van der Waals surface area contributed by atoms with Gasteiger partial charge in [0.25, 0.3) is 0 Å². The van der Waals surface area contributed by atoms with E-state index >= 15 is 0 Å². The zero-order chi connectivity index (χ0) is 21.2. The highest BCUT2D eigenvalue weighted by atomic mass is 16.1. The van der Waals surface area contributed by atoms with Crippen molar-refractivity contribution in [3.8, 4) is 0 Å². The van der Waals surface area contributed by atoms with Gasteiger partial charge in [-0.15, -0.1) is 0 Å². The number of benzene rings is 1. The Bertz CT molecular complexity index is 1020. The van der Waals surface area contributed by atoms with E-state index in [4.69, 9.17) is 4.99 Å². The fraction of sp³-hybridized carbons (Fsp3) is 0.586. The van der Waals surface area contributed by atoms with Crippen LogP contribution in [0, 0.1) is 28.6 Å². The molecule has 0 amide bonds. The summed E-state index contributed by atoms with van der Waals surface area (Å²) in [4.78, 5) is 16.9. The van der Waals surface area contributed by atoms with Crippen LogP contribution in [0.3, 0.4) is 0 Å². The Balaban J connectivity index is 1.33. The summed E-state index contributed by atoms with van der Waals surface area (Å²) in [7, 11) is 0. The van der Waals surface area contributed by atoms with Gasteiger partial charge in [-0.25, -0.2) is 0 Å². The lowest BCUT2D eigenvalue weighted by Gasteiger charge is -2.58. The SMILES string of the molecule is CC12CCC(=O)C=C1CCC1C2CCC2(C)C(C3CCC=Nc4ccccc43)=CCC12. The minimum atomic E-state index is 0.268. The van der Waals surface area contributed by atoms with Crippen molar-refractivity contribution < 1.29 is 4.79 Å². The van der Waals surface area contributed by atoms with Crippen LogP contribution in [-0.4, -0.2) is 12.0 Å². The molecule has 2 nitrogen and oxygen atoms in total. The summed E-state index contributed by atoms with van der Waals surface area (Å²) < 4.78 is 0. The second-order valence-electron chi connectivity index (χ2n) is 11.3. The third kappa shape index (κ3) is 2.82. The molecule has 0 bridgehead atoms. The summed E-state index contributed by atoms with van der Waals surface area (Å²) in [5.41, 5.74) is 6.42. The molecule has 6 rings (SSSR count). The highest BCUT2D eigenvalue weighted by Gasteiger charge is 2.57. The fourth-order valence-electron chi connectivity index (χ4n) is 8.48. The zero-order valence-electron chi connectivity index (χ0n) is 19.1. The van der Waals surface area contributed by atoms with E-state index in [1.54, 1.807) is 5.57 Å². The number of carbonyl (C=O) groups is 1. The number of carbonyl (C=O) groups excluding carboxylic acids is 1. The third-order valence-electron chi connectivity index (χ3n) is 10.1. The summed E-state index contributed by atoms with van der Waals surface area (Å²) in [6.45, 7) is 5.09. The van der Waals surface area contributed by atoms with Crippen LogP contribution in [0.25, 0.3) is 0 Å². The monoisotopic (exact) mass is 413 g/mol. The molecule has 0 saturated heterocycles. The lowest BCUT2D eigenvalue weighted by molar-refractivity contribution is -0.117. The zero-order valence-corrected chi connectivity index (χ0v) is 19.1. The standard InChI is InChI=1S/C29H35NO/c1-28-15-13-20(31)18-19(28)9-10-23-25-12-11-24(29(25,2)16-14-26(23)28)21-7-5-17-30-27-8-4-3-6-22(21)27/h3-4,6,8,11,17-18,21,23,25-26H,5,7,9-10,12-16H2,1-2H3. The predicted octanol–water partition coefficient (Wildman–Crippen LogP) is 7.33. The van der Waals surface area contributed by atoms with Crippen LogP contribution in [-0.2, 0) is 4.79 Å². The maximum Gasteiger partial charge on any atom is 0.155 e. The predicted molar refractivity (Wildman–Crippen MR) is 127 cm³/mol. The Kier molecular flexibility index (Phi) is 4.46. The van der Waals surface area contributed by atoms with Gasteiger partial charge in [-0.3, -0.25) is 9.79 Å². The molecule has 1 aliphatic heterocycles. The van der Waals surface area contributed by atoms with Crippen molar-refractivity contribution in [2.24, 2.45) is 33.6 Å². The number of hydrogen-bond donors (Lipinski definition) is 0. The molecule has 1 heterocycles. The minimum Gasteiger partial charge on any atom is -0.295 e. The van der Waals surface area contributed by atoms with Crippen molar-refractivity contribution in [2.75, 3.05) is 0 Å². The van der Waals surface area contributed by atoms with Gasteiger partial charge in [0, 0.05) is 18.6 Å². The van der Waals surface area contributed by atoms with Crippen LogP contribution >= 0.6 is 0 Å². The molecule has 6 atom stereocenters. The summed E-state index contributed by atoms with van der Waals surface area (Å²) in [6.07, 6.45) is 17.2. The molecule has 0 radical (unpaired) electrons. The van der Waals surface area contributed by atoms with Crippen LogP contribution in [0.4, 0.5) is 5.69 Å². The normalized spacial score (nSPS) is 41.3. The Morgan fingerprint density at radius 1 is 0.968 bits per heavy atom. The van der Waals surface area contributed by atoms with Crippen molar-refractivity contribution in [1.29, 1.82) is 0 Å². The van der Waals surface area contributed by atoms with Gasteiger partial charge in [0.05, 0.1) is 5.69 Å². The molecule has 0 aromatic heterocycles. The Morgan fingerprint density at radius 2 is 1.84 bits per heavy atom. The van der Waals surface area contributed by atoms with E-state index in [-0.39, 0.29) is 5.41 Å². The second-order valence-corrected chi connectivity index (χ2v) is 11.3. The lowest BCUT2D eigenvalue weighted by atomic mass is 9.46. The van der Waals surface area contributed by atoms with Crippen molar-refractivity contribution in [3.63, 3.8) is 0 Å². The van der Waals surface area contributed by atoms with E-state index in [1.807, 2.05) is 6.08 Å². The van der Waals surface area contributed by atoms with Crippen molar-refractivity contribution in [2.45, 2.75) is 77.6 Å². The molecule has 4 aliphatic carbocycles. The molecule has 31 heavy (non-hydrogen) atoms. The highest BCUT2D eigenvalue weighted by Crippen LogP contribution is 2.67. The van der Waals surface area contributed by atoms with Crippen LogP contribution in [0.2, 0.25) is 0 Å². The Hall–Kier alpha value is -1.96. The summed E-state index contributed by atoms with van der Waals surface area (Å²) in [5, 5.41) is 0. The first-order valence-electron chi connectivity index (χ1n) is 12.6. The van der Waals surface area contributed by atoms with Gasteiger partial charge in [0.15, 0.2) is 5.78 Å². The van der Waals surface area contributed by atoms with Crippen molar-refractivity contribution in [3.05, 3.63) is 53.1 Å². The number of para-hydroxylation sites is 1. The molecule has 6 unspecified atom stereocenters. The van der Waals surface area contributed by atoms with Crippen LogP contribution in [0.5, 0.6) is 0 Å². The van der Waals surface area contributed by atoms with E-state index in [1.165, 1.54) is 48.9 Å². The third-order valence-corrected chi connectivity index (χ3v) is 10.1. The average Bonchev–Trinajstić information content (AvgIpc) is 2.98. The fourth-order valence-corrected chi connectivity index (χ4v) is 8.48. The first-order chi connectivity index (χ1) is 15.0. The molecule has 1 aromatic carbocycles. The van der Waals surface area contributed by atoms with E-state index in [2.05, 4.69) is 50.4 Å². The summed E-state index contributed by atoms with van der Waals surface area (Å²) >= 11 is 0. The first-order valence-corrected chi connectivity index (χ1v) is 12.6. The van der Waals surface area contributed by atoms with Crippen LogP contribution < -0.4 is 0 Å². The first kappa shape index (κ1) is 19.7. The minimum absolute atomic E-state index is 0.268. The maximum atomic E-state index is 12.1. The van der Waals surface area contributed by atoms with Gasteiger partial charge < -0.3 is 0 Å². The van der Waals surface area contributed by atoms with E-state index < -0.39 is 0 Å². The average molecular weight is 414 g/mol. The number of rotatable bonds is 1. The summed E-state index contributed by atoms with van der Waals surface area (Å²) in [5.74, 6) is 3.22. The molecule has 2 fully saturated rings. The van der Waals surface area contributed by atoms with E-state index in [9.17, 15) is 4.79 Å². The number of hydrogen-bond acceptors (Lipinski definition) is 2. The van der Waals surface area contributed by atoms with Crippen molar-refractivity contribution in [1.82, 2.24) is 0 Å². The molecule has 162 valence electrons. The molecule has 0 spiro atoms. The molecule has 2 heteroatoms. The number of allylic oxidation sites excluding steroid dienone is 4. The van der Waals surface area contributed by atoms with Gasteiger partial charge in [0.1, 0.15) is 0 Å². The van der Waals surface area contributed by atoms with Crippen LogP contribution in [0.1, 0.15) is 83.1 Å². The molecular formula is C29H35NO. The Morgan fingerprint density at radius 3 is 2.74 bits per heavy atom. The molecule has 1 aromatic rings. The topological polar surface area (TPSA) is 29.4 Å². The van der Waals surface area contributed by atoms with Crippen LogP contribution in [0.15, 0.2) is 52.6 Å². The quantitative estimate of drug-likeness (QED) is 0.443. The van der Waals surface area contributed by atoms with E-state index in [0.717, 1.165) is 43.4 Å². The maximum absolute atomic E-state index is 12.1. The molecular weight excluding hydrogens is 378 g/mol. The van der Waals surface area contributed by atoms with Gasteiger partial charge in [0.2, 0.25) is 0 Å². The van der Waals surface area contributed by atoms with Gasteiger partial charge in [-0.1, -0.05) is 49.3 Å². The molecule has 5 aliphatic rings. The highest BCUT2D eigenvalue weighted by molar-refractivity contribution is 5.91. The number of aliphatic imine (C=N–C) groups is 1. The number of ketones is 1. The Labute approximate surface area is 186 Å². The van der Waals surface area contributed by atoms with Gasteiger partial charge >= 0.3 is 0 Å². The lowest BCUT2D eigenvalue weighted by Crippen LogP contribution is -2.50. The van der Waals surface area contributed by atoms with Gasteiger partial charge in [-0.05, 0) is 97.7 Å².